The van der Waals surface area contributed by atoms with Crippen LogP contribution in [0, 0.1) is 0 Å². The number of carbonyl (C=O) groups excluding carboxylic acids is 1. The number of nitrogens with zero attached hydrogens (tertiary/aromatic N) is 1. The Hall–Kier alpha value is -2.68. The quantitative estimate of drug-likeness (QED) is 0.400. The van der Waals surface area contributed by atoms with Gasteiger partial charge in [0.15, 0.2) is 0 Å². The SMILES string of the molecule is C=C(C)C(=O)Oc1c2ccccc2nc2ccccc12. The van der Waals surface area contributed by atoms with Crippen LogP contribution < -0.4 is 4.74 Å². The summed E-state index contributed by atoms with van der Waals surface area (Å²) in [4.78, 5) is 16.4. The van der Waals surface area contributed by atoms with Gasteiger partial charge in [0.25, 0.3) is 0 Å². The van der Waals surface area contributed by atoms with Gasteiger partial charge in [-0.15, -0.1) is 0 Å². The fraction of sp³-hybridized carbons (Fsp3) is 0.0588. The second kappa shape index (κ2) is 4.78. The number of aromatic nitrogens is 1. The van der Waals surface area contributed by atoms with Crippen LogP contribution in [0.4, 0.5) is 0 Å². The summed E-state index contributed by atoms with van der Waals surface area (Å²) in [5, 5.41) is 1.64. The molecule has 3 nitrogen and oxygen atoms in total. The molecule has 3 rings (SSSR count). The summed E-state index contributed by atoms with van der Waals surface area (Å²) in [5.74, 6) is 0.116. The van der Waals surface area contributed by atoms with Gasteiger partial charge in [0.1, 0.15) is 5.75 Å². The molecule has 0 saturated carbocycles. The maximum absolute atomic E-state index is 11.9. The summed E-state index contributed by atoms with van der Waals surface area (Å²) in [5.41, 5.74) is 1.97. The first-order valence-electron chi connectivity index (χ1n) is 6.32. The van der Waals surface area contributed by atoms with E-state index in [1.165, 1.54) is 0 Å². The van der Waals surface area contributed by atoms with E-state index >= 15 is 0 Å². The minimum Gasteiger partial charge on any atom is -0.422 e. The van der Waals surface area contributed by atoms with Crippen molar-refractivity contribution in [2.24, 2.45) is 0 Å². The van der Waals surface area contributed by atoms with Gasteiger partial charge < -0.3 is 4.74 Å². The van der Waals surface area contributed by atoms with Gasteiger partial charge in [-0.3, -0.25) is 0 Å². The molecular weight excluding hydrogens is 250 g/mol. The molecule has 98 valence electrons. The molecule has 3 heteroatoms. The Morgan fingerprint density at radius 3 is 2.00 bits per heavy atom. The largest absolute Gasteiger partial charge is 0.422 e. The van der Waals surface area contributed by atoms with Crippen LogP contribution in [0.1, 0.15) is 6.92 Å². The Morgan fingerprint density at radius 2 is 1.50 bits per heavy atom. The number of benzene rings is 2. The lowest BCUT2D eigenvalue weighted by molar-refractivity contribution is -0.129. The topological polar surface area (TPSA) is 39.2 Å². The third kappa shape index (κ3) is 2.03. The average Bonchev–Trinajstić information content (AvgIpc) is 2.46. The number of pyridine rings is 1. The van der Waals surface area contributed by atoms with Gasteiger partial charge >= 0.3 is 5.97 Å². The Kier molecular flexibility index (Phi) is 2.95. The van der Waals surface area contributed by atoms with E-state index in [0.717, 1.165) is 21.8 Å². The summed E-state index contributed by atoms with van der Waals surface area (Å²) in [6, 6.07) is 15.2. The van der Waals surface area contributed by atoms with Gasteiger partial charge in [0.05, 0.1) is 11.0 Å². The summed E-state index contributed by atoms with van der Waals surface area (Å²) in [6.45, 7) is 5.25. The minimum atomic E-state index is -0.425. The normalized spacial score (nSPS) is 10.7. The molecule has 0 fully saturated rings. The summed E-state index contributed by atoms with van der Waals surface area (Å²) in [6.07, 6.45) is 0. The lowest BCUT2D eigenvalue weighted by Crippen LogP contribution is -2.09. The number of hydrogen-bond donors (Lipinski definition) is 0. The van der Waals surface area contributed by atoms with Crippen molar-refractivity contribution in [3.05, 3.63) is 60.7 Å². The van der Waals surface area contributed by atoms with Crippen molar-refractivity contribution < 1.29 is 9.53 Å². The molecule has 1 aromatic heterocycles. The number of ether oxygens (including phenoxy) is 1. The smallest absolute Gasteiger partial charge is 0.338 e. The second-order valence-corrected chi connectivity index (χ2v) is 4.65. The third-order valence-corrected chi connectivity index (χ3v) is 3.08. The molecule has 0 spiro atoms. The van der Waals surface area contributed by atoms with E-state index in [1.807, 2.05) is 48.5 Å². The van der Waals surface area contributed by atoms with E-state index < -0.39 is 5.97 Å². The minimum absolute atomic E-state index is 0.370. The van der Waals surface area contributed by atoms with E-state index in [-0.39, 0.29) is 0 Å². The van der Waals surface area contributed by atoms with Crippen LogP contribution in [-0.2, 0) is 4.79 Å². The van der Waals surface area contributed by atoms with E-state index in [0.29, 0.717) is 11.3 Å². The van der Waals surface area contributed by atoms with Crippen molar-refractivity contribution >= 4 is 27.8 Å². The van der Waals surface area contributed by atoms with Crippen molar-refractivity contribution in [1.29, 1.82) is 0 Å². The molecule has 1 heterocycles. The van der Waals surface area contributed by atoms with E-state index in [9.17, 15) is 4.79 Å². The third-order valence-electron chi connectivity index (χ3n) is 3.08. The first-order valence-corrected chi connectivity index (χ1v) is 6.32. The Labute approximate surface area is 116 Å². The van der Waals surface area contributed by atoms with Crippen molar-refractivity contribution in [3.63, 3.8) is 0 Å². The monoisotopic (exact) mass is 263 g/mol. The van der Waals surface area contributed by atoms with Crippen LogP contribution in [0.3, 0.4) is 0 Å². The van der Waals surface area contributed by atoms with Gasteiger partial charge in [-0.25, -0.2) is 9.78 Å². The molecule has 0 aliphatic rings. The highest BCUT2D eigenvalue weighted by atomic mass is 16.5. The van der Waals surface area contributed by atoms with E-state index in [1.54, 1.807) is 6.92 Å². The Bertz CT molecular complexity index is 783. The number of para-hydroxylation sites is 2. The maximum atomic E-state index is 11.9. The molecule has 0 saturated heterocycles. The van der Waals surface area contributed by atoms with Crippen LogP contribution in [0.15, 0.2) is 60.7 Å². The molecule has 0 amide bonds. The van der Waals surface area contributed by atoms with Crippen molar-refractivity contribution in [1.82, 2.24) is 4.98 Å². The summed E-state index contributed by atoms with van der Waals surface area (Å²) in [7, 11) is 0. The zero-order valence-electron chi connectivity index (χ0n) is 11.1. The van der Waals surface area contributed by atoms with Crippen molar-refractivity contribution in [2.45, 2.75) is 6.92 Å². The van der Waals surface area contributed by atoms with Crippen LogP contribution in [0.2, 0.25) is 0 Å². The predicted molar refractivity (Wildman–Crippen MR) is 79.7 cm³/mol. The van der Waals surface area contributed by atoms with Gasteiger partial charge in [-0.1, -0.05) is 30.8 Å². The van der Waals surface area contributed by atoms with Crippen LogP contribution in [0.5, 0.6) is 5.75 Å². The van der Waals surface area contributed by atoms with Gasteiger partial charge in [-0.05, 0) is 31.2 Å². The zero-order valence-corrected chi connectivity index (χ0v) is 11.1. The number of fused-ring (bicyclic) bond motifs is 2. The van der Waals surface area contributed by atoms with Crippen LogP contribution in [0.25, 0.3) is 21.8 Å². The lowest BCUT2D eigenvalue weighted by atomic mass is 10.1. The molecule has 0 atom stereocenters. The molecule has 0 aliphatic carbocycles. The molecule has 0 aliphatic heterocycles. The first kappa shape index (κ1) is 12.4. The van der Waals surface area contributed by atoms with Crippen molar-refractivity contribution in [2.75, 3.05) is 0 Å². The highest BCUT2D eigenvalue weighted by Crippen LogP contribution is 2.33. The Morgan fingerprint density at radius 1 is 1.00 bits per heavy atom. The fourth-order valence-electron chi connectivity index (χ4n) is 2.09. The highest BCUT2D eigenvalue weighted by molar-refractivity contribution is 6.03. The average molecular weight is 263 g/mol. The highest BCUT2D eigenvalue weighted by Gasteiger charge is 2.13. The predicted octanol–water partition coefficient (Wildman–Crippen LogP) is 3.87. The Balaban J connectivity index is 2.33. The van der Waals surface area contributed by atoms with Gasteiger partial charge in [0.2, 0.25) is 0 Å². The van der Waals surface area contributed by atoms with Gasteiger partial charge in [0, 0.05) is 16.3 Å². The lowest BCUT2D eigenvalue weighted by Gasteiger charge is -2.10. The number of hydrogen-bond acceptors (Lipinski definition) is 3. The molecule has 3 aromatic rings. The molecule has 0 radical (unpaired) electrons. The summed E-state index contributed by atoms with van der Waals surface area (Å²) >= 11 is 0. The van der Waals surface area contributed by atoms with E-state index in [4.69, 9.17) is 4.74 Å². The molecular formula is C17H13NO2. The second-order valence-electron chi connectivity index (χ2n) is 4.65. The molecule has 2 aromatic carbocycles. The zero-order chi connectivity index (χ0) is 14.1. The molecule has 0 bridgehead atoms. The van der Waals surface area contributed by atoms with Crippen LogP contribution in [-0.4, -0.2) is 11.0 Å². The van der Waals surface area contributed by atoms with E-state index in [2.05, 4.69) is 11.6 Å². The molecule has 0 N–H and O–H groups in total. The molecule has 0 unspecified atom stereocenters. The maximum Gasteiger partial charge on any atom is 0.338 e. The fourth-order valence-corrected chi connectivity index (χ4v) is 2.09. The van der Waals surface area contributed by atoms with Crippen LogP contribution >= 0.6 is 0 Å². The number of rotatable bonds is 2. The first-order chi connectivity index (χ1) is 9.66. The standard InChI is InChI=1S/C17H13NO2/c1-11(2)17(19)20-16-12-7-3-5-9-14(12)18-15-10-6-4-8-13(15)16/h3-10H,1H2,2H3. The summed E-state index contributed by atoms with van der Waals surface area (Å²) < 4.78 is 5.52. The van der Waals surface area contributed by atoms with Crippen molar-refractivity contribution in [3.8, 4) is 5.75 Å². The molecule has 20 heavy (non-hydrogen) atoms. The number of carbonyl (C=O) groups is 1. The number of esters is 1. The van der Waals surface area contributed by atoms with Gasteiger partial charge in [-0.2, -0.15) is 0 Å².